The van der Waals surface area contributed by atoms with E-state index in [0.717, 1.165) is 25.7 Å². The first-order valence-electron chi connectivity index (χ1n) is 8.50. The minimum absolute atomic E-state index is 0.0365. The summed E-state index contributed by atoms with van der Waals surface area (Å²) in [5.41, 5.74) is 0.369. The monoisotopic (exact) mass is 335 g/mol. The molecule has 0 saturated heterocycles. The summed E-state index contributed by atoms with van der Waals surface area (Å²) in [6.07, 6.45) is 3.65. The molecule has 1 fully saturated rings. The van der Waals surface area contributed by atoms with Crippen LogP contribution in [0.25, 0.3) is 0 Å². The van der Waals surface area contributed by atoms with Crippen LogP contribution in [-0.2, 0) is 4.79 Å². The van der Waals surface area contributed by atoms with E-state index < -0.39 is 17.9 Å². The smallest absolute Gasteiger partial charge is 0.326 e. The van der Waals surface area contributed by atoms with E-state index in [4.69, 9.17) is 9.47 Å². The Morgan fingerprint density at radius 3 is 2.58 bits per heavy atom. The van der Waals surface area contributed by atoms with Crippen LogP contribution in [-0.4, -0.2) is 36.2 Å². The van der Waals surface area contributed by atoms with E-state index in [1.807, 2.05) is 6.92 Å². The largest absolute Gasteiger partial charge is 0.490 e. The number of unbranched alkanes of at least 4 members (excludes halogenated alkanes) is 1. The maximum Gasteiger partial charge on any atom is 0.326 e. The van der Waals surface area contributed by atoms with Gasteiger partial charge in [0.2, 0.25) is 0 Å². The third kappa shape index (κ3) is 4.88. The van der Waals surface area contributed by atoms with E-state index in [-0.39, 0.29) is 5.92 Å². The Labute approximate surface area is 142 Å². The second-order valence-corrected chi connectivity index (χ2v) is 5.92. The Bertz CT molecular complexity index is 583. The zero-order chi connectivity index (χ0) is 17.5. The number of ether oxygens (including phenoxy) is 2. The van der Waals surface area contributed by atoms with Crippen LogP contribution in [0, 0.1) is 5.92 Å². The van der Waals surface area contributed by atoms with E-state index in [2.05, 4.69) is 12.2 Å². The molecule has 0 radical (unpaired) electrons. The second-order valence-electron chi connectivity index (χ2n) is 5.92. The molecule has 1 saturated carbocycles. The van der Waals surface area contributed by atoms with E-state index in [1.165, 1.54) is 0 Å². The lowest BCUT2D eigenvalue weighted by Gasteiger charge is -2.16. The fraction of sp³-hybridized carbons (Fsp3) is 0.556. The molecule has 132 valence electrons. The lowest BCUT2D eigenvalue weighted by atomic mass is 10.1. The van der Waals surface area contributed by atoms with Crippen molar-refractivity contribution >= 4 is 11.9 Å². The second kappa shape index (κ2) is 8.57. The van der Waals surface area contributed by atoms with Gasteiger partial charge in [-0.3, -0.25) is 4.79 Å². The van der Waals surface area contributed by atoms with Gasteiger partial charge >= 0.3 is 5.97 Å². The molecule has 0 aromatic heterocycles. The average molecular weight is 335 g/mol. The summed E-state index contributed by atoms with van der Waals surface area (Å²) < 4.78 is 11.2. The van der Waals surface area contributed by atoms with Crippen LogP contribution < -0.4 is 14.8 Å². The number of benzene rings is 1. The Balaban J connectivity index is 2.09. The lowest BCUT2D eigenvalue weighted by Crippen LogP contribution is -2.42. The minimum atomic E-state index is -0.990. The van der Waals surface area contributed by atoms with Gasteiger partial charge in [-0.25, -0.2) is 4.79 Å². The first-order chi connectivity index (χ1) is 11.6. The van der Waals surface area contributed by atoms with E-state index in [0.29, 0.717) is 30.3 Å². The number of carboxylic acids is 1. The van der Waals surface area contributed by atoms with Gasteiger partial charge in [0.1, 0.15) is 6.04 Å². The van der Waals surface area contributed by atoms with Gasteiger partial charge in [0.05, 0.1) is 13.2 Å². The highest BCUT2D eigenvalue weighted by Crippen LogP contribution is 2.33. The van der Waals surface area contributed by atoms with Gasteiger partial charge < -0.3 is 19.9 Å². The van der Waals surface area contributed by atoms with Crippen LogP contribution >= 0.6 is 0 Å². The third-order valence-corrected chi connectivity index (χ3v) is 3.91. The van der Waals surface area contributed by atoms with Gasteiger partial charge in [-0.05, 0) is 50.3 Å². The van der Waals surface area contributed by atoms with Crippen molar-refractivity contribution in [2.45, 2.75) is 45.6 Å². The third-order valence-electron chi connectivity index (χ3n) is 3.91. The first-order valence-corrected chi connectivity index (χ1v) is 8.50. The van der Waals surface area contributed by atoms with Gasteiger partial charge in [-0.1, -0.05) is 13.3 Å². The van der Waals surface area contributed by atoms with Crippen molar-refractivity contribution in [1.29, 1.82) is 0 Å². The van der Waals surface area contributed by atoms with Crippen LogP contribution in [0.15, 0.2) is 18.2 Å². The van der Waals surface area contributed by atoms with E-state index >= 15 is 0 Å². The van der Waals surface area contributed by atoms with Gasteiger partial charge in [0.25, 0.3) is 5.91 Å². The van der Waals surface area contributed by atoms with Crippen molar-refractivity contribution < 1.29 is 24.2 Å². The summed E-state index contributed by atoms with van der Waals surface area (Å²) >= 11 is 0. The molecule has 0 aliphatic heterocycles. The fourth-order valence-electron chi connectivity index (χ4n) is 2.40. The zero-order valence-corrected chi connectivity index (χ0v) is 14.2. The van der Waals surface area contributed by atoms with Crippen LogP contribution in [0.1, 0.15) is 49.9 Å². The number of hydrogen-bond donors (Lipinski definition) is 2. The molecule has 2 N–H and O–H groups in total. The van der Waals surface area contributed by atoms with E-state index in [1.54, 1.807) is 18.2 Å². The summed E-state index contributed by atoms with van der Waals surface area (Å²) in [5, 5.41) is 11.8. The summed E-state index contributed by atoms with van der Waals surface area (Å²) in [4.78, 5) is 23.6. The lowest BCUT2D eigenvalue weighted by molar-refractivity contribution is -0.139. The van der Waals surface area contributed by atoms with Gasteiger partial charge in [0.15, 0.2) is 11.5 Å². The van der Waals surface area contributed by atoms with Gasteiger partial charge in [-0.15, -0.1) is 0 Å². The molecule has 1 amide bonds. The SMILES string of the molecule is CCCCOc1ccc(C(=O)NC(C(=O)O)C2CC2)cc1OCC. The maximum absolute atomic E-state index is 12.3. The normalized spacial score (nSPS) is 14.8. The molecule has 0 heterocycles. The number of amides is 1. The van der Waals surface area contributed by atoms with Crippen molar-refractivity contribution in [3.63, 3.8) is 0 Å². The molecule has 6 nitrogen and oxygen atoms in total. The minimum Gasteiger partial charge on any atom is -0.490 e. The van der Waals surface area contributed by atoms with Crippen LogP contribution in [0.5, 0.6) is 11.5 Å². The molecule has 1 aromatic carbocycles. The number of hydrogen-bond acceptors (Lipinski definition) is 4. The number of carboxylic acid groups (broad SMARTS) is 1. The molecule has 1 atom stereocenters. The van der Waals surface area contributed by atoms with Crippen LogP contribution in [0.2, 0.25) is 0 Å². The first kappa shape index (κ1) is 18.1. The van der Waals surface area contributed by atoms with Crippen molar-refractivity contribution in [1.82, 2.24) is 5.32 Å². The van der Waals surface area contributed by atoms with Gasteiger partial charge in [-0.2, -0.15) is 0 Å². The molecule has 24 heavy (non-hydrogen) atoms. The molecule has 1 aromatic rings. The number of carbonyl (C=O) groups is 2. The van der Waals surface area contributed by atoms with Crippen molar-refractivity contribution in [3.8, 4) is 11.5 Å². The predicted molar refractivity (Wildman–Crippen MR) is 89.6 cm³/mol. The summed E-state index contributed by atoms with van der Waals surface area (Å²) in [7, 11) is 0. The van der Waals surface area contributed by atoms with Crippen molar-refractivity contribution in [2.24, 2.45) is 5.92 Å². The Morgan fingerprint density at radius 1 is 1.25 bits per heavy atom. The number of aliphatic carboxylic acids is 1. The van der Waals surface area contributed by atoms with Crippen molar-refractivity contribution in [3.05, 3.63) is 23.8 Å². The molecule has 1 aliphatic carbocycles. The number of carbonyl (C=O) groups excluding carboxylic acids is 1. The highest BCUT2D eigenvalue weighted by molar-refractivity contribution is 5.97. The molecule has 1 aliphatic rings. The van der Waals surface area contributed by atoms with Crippen LogP contribution in [0.4, 0.5) is 0 Å². The molecular weight excluding hydrogens is 310 g/mol. The molecule has 0 spiro atoms. The highest BCUT2D eigenvalue weighted by atomic mass is 16.5. The predicted octanol–water partition coefficient (Wildman–Crippen LogP) is 2.86. The molecule has 0 bridgehead atoms. The Morgan fingerprint density at radius 2 is 2.00 bits per heavy atom. The molecular formula is C18H25NO5. The van der Waals surface area contributed by atoms with E-state index in [9.17, 15) is 14.7 Å². The maximum atomic E-state index is 12.3. The summed E-state index contributed by atoms with van der Waals surface area (Å²) in [6, 6.07) is 4.10. The average Bonchev–Trinajstić information content (AvgIpc) is 3.38. The fourth-order valence-corrected chi connectivity index (χ4v) is 2.40. The molecule has 6 heteroatoms. The highest BCUT2D eigenvalue weighted by Gasteiger charge is 2.37. The van der Waals surface area contributed by atoms with Gasteiger partial charge in [0, 0.05) is 5.56 Å². The molecule has 1 unspecified atom stereocenters. The Hall–Kier alpha value is -2.24. The van der Waals surface area contributed by atoms with Crippen molar-refractivity contribution in [2.75, 3.05) is 13.2 Å². The molecule has 2 rings (SSSR count). The quantitative estimate of drug-likeness (QED) is 0.642. The number of nitrogens with one attached hydrogen (secondary N) is 1. The van der Waals surface area contributed by atoms with Crippen LogP contribution in [0.3, 0.4) is 0 Å². The zero-order valence-electron chi connectivity index (χ0n) is 14.2. The summed E-state index contributed by atoms with van der Waals surface area (Å²) in [5.74, 6) is -0.265. The standard InChI is InChI=1S/C18H25NO5/c1-3-5-10-24-14-9-8-13(11-15(14)23-4-2)17(20)19-16(18(21)22)12-6-7-12/h8-9,11-12,16H,3-7,10H2,1-2H3,(H,19,20)(H,21,22). The Kier molecular flexibility index (Phi) is 6.46. The summed E-state index contributed by atoms with van der Waals surface area (Å²) in [6.45, 7) is 4.98. The number of rotatable bonds is 10. The topological polar surface area (TPSA) is 84.9 Å².